The first-order chi connectivity index (χ1) is 12.3. The Hall–Kier alpha value is -2.25. The SMILES string of the molecule is CS(=O)(=O)[C@H]1CCN(OC(=O)c2ccccc2)[C@@H](c2ccc(F)cc2)C1. The van der Waals surface area contributed by atoms with Crippen LogP contribution < -0.4 is 0 Å². The third-order valence-electron chi connectivity index (χ3n) is 4.58. The molecule has 1 fully saturated rings. The number of rotatable bonds is 4. The maximum atomic E-state index is 13.3. The fourth-order valence-corrected chi connectivity index (χ4v) is 4.20. The quantitative estimate of drug-likeness (QED) is 0.819. The maximum Gasteiger partial charge on any atom is 0.357 e. The van der Waals surface area contributed by atoms with Gasteiger partial charge in [0.2, 0.25) is 0 Å². The van der Waals surface area contributed by atoms with Crippen LogP contribution in [-0.4, -0.2) is 37.5 Å². The Bertz CT molecular complexity index is 868. The number of carbonyl (C=O) groups is 1. The lowest BCUT2D eigenvalue weighted by atomic mass is 9.96. The van der Waals surface area contributed by atoms with Crippen molar-refractivity contribution in [1.29, 1.82) is 0 Å². The number of sulfone groups is 1. The van der Waals surface area contributed by atoms with Crippen LogP contribution in [0.5, 0.6) is 0 Å². The van der Waals surface area contributed by atoms with E-state index in [0.29, 0.717) is 24.1 Å². The molecular formula is C19H20FNO4S. The minimum Gasteiger partial charge on any atom is -0.363 e. The molecular weight excluding hydrogens is 357 g/mol. The normalized spacial score (nSPS) is 21.3. The molecule has 0 saturated carbocycles. The van der Waals surface area contributed by atoms with E-state index in [1.54, 1.807) is 42.5 Å². The van der Waals surface area contributed by atoms with Crippen molar-refractivity contribution in [1.82, 2.24) is 5.06 Å². The molecule has 0 spiro atoms. The fraction of sp³-hybridized carbons (Fsp3) is 0.316. The van der Waals surface area contributed by atoms with Crippen molar-refractivity contribution in [3.63, 3.8) is 0 Å². The molecule has 2 atom stereocenters. The lowest BCUT2D eigenvalue weighted by molar-refractivity contribution is -0.152. The number of nitrogens with zero attached hydrogens (tertiary/aromatic N) is 1. The minimum atomic E-state index is -3.22. The molecule has 138 valence electrons. The summed E-state index contributed by atoms with van der Waals surface area (Å²) in [7, 11) is -3.22. The molecule has 0 unspecified atom stereocenters. The molecule has 0 amide bonds. The molecule has 0 aliphatic carbocycles. The van der Waals surface area contributed by atoms with Gasteiger partial charge in [-0.25, -0.2) is 17.6 Å². The van der Waals surface area contributed by atoms with Gasteiger partial charge < -0.3 is 4.84 Å². The highest BCUT2D eigenvalue weighted by Crippen LogP contribution is 2.34. The van der Waals surface area contributed by atoms with Crippen LogP contribution in [0, 0.1) is 5.82 Å². The predicted octanol–water partition coefficient (Wildman–Crippen LogP) is 3.15. The highest BCUT2D eigenvalue weighted by Gasteiger charge is 2.36. The second kappa shape index (κ2) is 7.55. The Morgan fingerprint density at radius 3 is 2.38 bits per heavy atom. The first-order valence-electron chi connectivity index (χ1n) is 8.33. The molecule has 5 nitrogen and oxygen atoms in total. The van der Waals surface area contributed by atoms with Crippen LogP contribution in [0.25, 0.3) is 0 Å². The monoisotopic (exact) mass is 377 g/mol. The largest absolute Gasteiger partial charge is 0.363 e. The Kier molecular flexibility index (Phi) is 5.38. The van der Waals surface area contributed by atoms with Crippen molar-refractivity contribution in [3.05, 3.63) is 71.5 Å². The molecule has 0 bridgehead atoms. The third kappa shape index (κ3) is 4.28. The van der Waals surface area contributed by atoms with E-state index in [0.717, 1.165) is 0 Å². The minimum absolute atomic E-state index is 0.284. The third-order valence-corrected chi connectivity index (χ3v) is 6.21. The summed E-state index contributed by atoms with van der Waals surface area (Å²) in [6.07, 6.45) is 1.87. The highest BCUT2D eigenvalue weighted by molar-refractivity contribution is 7.91. The molecule has 26 heavy (non-hydrogen) atoms. The van der Waals surface area contributed by atoms with Crippen molar-refractivity contribution < 1.29 is 22.4 Å². The lowest BCUT2D eigenvalue weighted by Crippen LogP contribution is -2.42. The molecule has 1 saturated heterocycles. The van der Waals surface area contributed by atoms with E-state index in [-0.39, 0.29) is 12.2 Å². The molecule has 7 heteroatoms. The van der Waals surface area contributed by atoms with Gasteiger partial charge >= 0.3 is 5.97 Å². The number of hydroxylamine groups is 2. The van der Waals surface area contributed by atoms with E-state index in [2.05, 4.69) is 0 Å². The van der Waals surface area contributed by atoms with Gasteiger partial charge in [-0.3, -0.25) is 0 Å². The Balaban J connectivity index is 1.84. The van der Waals surface area contributed by atoms with E-state index >= 15 is 0 Å². The van der Waals surface area contributed by atoms with Gasteiger partial charge in [-0.2, -0.15) is 0 Å². The van der Waals surface area contributed by atoms with Crippen LogP contribution in [-0.2, 0) is 14.7 Å². The Morgan fingerprint density at radius 1 is 1.12 bits per heavy atom. The van der Waals surface area contributed by atoms with Crippen LogP contribution in [0.15, 0.2) is 54.6 Å². The summed E-state index contributed by atoms with van der Waals surface area (Å²) >= 11 is 0. The molecule has 2 aromatic rings. The zero-order chi connectivity index (χ0) is 18.7. The van der Waals surface area contributed by atoms with E-state index in [4.69, 9.17) is 4.84 Å². The average molecular weight is 377 g/mol. The van der Waals surface area contributed by atoms with Gasteiger partial charge in [-0.1, -0.05) is 30.3 Å². The lowest BCUT2D eigenvalue weighted by Gasteiger charge is -2.37. The molecule has 1 aliphatic rings. The highest BCUT2D eigenvalue weighted by atomic mass is 32.2. The van der Waals surface area contributed by atoms with Crippen LogP contribution in [0.3, 0.4) is 0 Å². The molecule has 1 aliphatic heterocycles. The summed E-state index contributed by atoms with van der Waals surface area (Å²) in [6, 6.07) is 14.0. The number of benzene rings is 2. The van der Waals surface area contributed by atoms with Gasteiger partial charge in [0, 0.05) is 12.8 Å². The van der Waals surface area contributed by atoms with Crippen molar-refractivity contribution in [2.45, 2.75) is 24.1 Å². The second-order valence-electron chi connectivity index (χ2n) is 6.43. The summed E-state index contributed by atoms with van der Waals surface area (Å²) in [6.45, 7) is 0.290. The maximum absolute atomic E-state index is 13.3. The second-order valence-corrected chi connectivity index (χ2v) is 8.75. The molecule has 2 aromatic carbocycles. The summed E-state index contributed by atoms with van der Waals surface area (Å²) in [4.78, 5) is 17.9. The first kappa shape index (κ1) is 18.5. The fourth-order valence-electron chi connectivity index (χ4n) is 3.13. The van der Waals surface area contributed by atoms with Crippen LogP contribution in [0.2, 0.25) is 0 Å². The summed E-state index contributed by atoms with van der Waals surface area (Å²) in [5.41, 5.74) is 1.12. The molecule has 0 radical (unpaired) electrons. The molecule has 1 heterocycles. The van der Waals surface area contributed by atoms with E-state index in [1.807, 2.05) is 0 Å². The van der Waals surface area contributed by atoms with Gasteiger partial charge in [0.05, 0.1) is 16.9 Å². The van der Waals surface area contributed by atoms with Crippen LogP contribution >= 0.6 is 0 Å². The number of carbonyl (C=O) groups excluding carboxylic acids is 1. The van der Waals surface area contributed by atoms with Crippen LogP contribution in [0.4, 0.5) is 4.39 Å². The zero-order valence-electron chi connectivity index (χ0n) is 14.3. The van der Waals surface area contributed by atoms with Gasteiger partial charge in [0.15, 0.2) is 0 Å². The van der Waals surface area contributed by atoms with Crippen molar-refractivity contribution in [2.24, 2.45) is 0 Å². The molecule has 0 N–H and O–H groups in total. The number of halogens is 1. The van der Waals surface area contributed by atoms with E-state index < -0.39 is 27.1 Å². The zero-order valence-corrected chi connectivity index (χ0v) is 15.2. The van der Waals surface area contributed by atoms with Gasteiger partial charge in [-0.15, -0.1) is 5.06 Å². The van der Waals surface area contributed by atoms with Gasteiger partial charge in [0.1, 0.15) is 15.7 Å². The van der Waals surface area contributed by atoms with E-state index in [9.17, 15) is 17.6 Å². The number of hydrogen-bond acceptors (Lipinski definition) is 5. The number of piperidine rings is 1. The van der Waals surface area contributed by atoms with Crippen molar-refractivity contribution >= 4 is 15.8 Å². The topological polar surface area (TPSA) is 63.7 Å². The number of hydrogen-bond donors (Lipinski definition) is 0. The first-order valence-corrected chi connectivity index (χ1v) is 10.3. The molecule has 3 rings (SSSR count). The smallest absolute Gasteiger partial charge is 0.357 e. The summed E-state index contributed by atoms with van der Waals surface area (Å²) in [5, 5.41) is 0.980. The predicted molar refractivity (Wildman–Crippen MR) is 95.6 cm³/mol. The summed E-state index contributed by atoms with van der Waals surface area (Å²) in [5.74, 6) is -0.882. The average Bonchev–Trinajstić information content (AvgIpc) is 2.62. The summed E-state index contributed by atoms with van der Waals surface area (Å²) < 4.78 is 37.2. The van der Waals surface area contributed by atoms with Gasteiger partial charge in [0.25, 0.3) is 0 Å². The van der Waals surface area contributed by atoms with Gasteiger partial charge in [-0.05, 0) is 42.7 Å². The van der Waals surface area contributed by atoms with E-state index in [1.165, 1.54) is 23.5 Å². The van der Waals surface area contributed by atoms with Crippen molar-refractivity contribution in [2.75, 3.05) is 12.8 Å². The Labute approximate surface area is 152 Å². The standard InChI is InChI=1S/C19H20FNO4S/c1-26(23,24)17-11-12-21(25-19(22)15-5-3-2-4-6-15)18(13-17)14-7-9-16(20)10-8-14/h2-10,17-18H,11-13H2,1H3/t17-,18+/m0/s1. The molecule has 0 aromatic heterocycles. The van der Waals surface area contributed by atoms with Crippen LogP contribution in [0.1, 0.15) is 34.8 Å². The van der Waals surface area contributed by atoms with Crippen molar-refractivity contribution in [3.8, 4) is 0 Å². The Morgan fingerprint density at radius 2 is 1.77 bits per heavy atom.